The molecule has 0 spiro atoms. The molecule has 0 aromatic heterocycles. The minimum absolute atomic E-state index is 0.00768. The first-order chi connectivity index (χ1) is 5.12. The molecule has 11 heavy (non-hydrogen) atoms. The highest BCUT2D eigenvalue weighted by Gasteiger charge is 2.15. The topological polar surface area (TPSA) is 9.23 Å². The van der Waals surface area contributed by atoms with Gasteiger partial charge in [-0.1, -0.05) is 35.7 Å². The van der Waals surface area contributed by atoms with Crippen LogP contribution < -0.4 is 0 Å². The molecule has 0 heterocycles. The van der Waals surface area contributed by atoms with Gasteiger partial charge in [-0.25, -0.2) is 0 Å². The zero-order chi connectivity index (χ0) is 8.74. The number of hydrogen-bond donors (Lipinski definition) is 0. The van der Waals surface area contributed by atoms with Crippen LogP contribution in [0.25, 0.3) is 0 Å². The van der Waals surface area contributed by atoms with Gasteiger partial charge in [-0.2, -0.15) is 0 Å². The molecule has 0 fully saturated rings. The maximum absolute atomic E-state index is 5.63. The fourth-order valence-electron chi connectivity index (χ4n) is 0.739. The summed E-state index contributed by atoms with van der Waals surface area (Å²) in [7, 11) is 0. The predicted octanol–water partition coefficient (Wildman–Crippen LogP) is 3.37. The lowest BCUT2D eigenvalue weighted by molar-refractivity contribution is 0.00000512. The second-order valence-corrected chi connectivity index (χ2v) is 4.01. The third-order valence-electron chi connectivity index (χ3n) is 1.56. The average molecular weight is 223 g/mol. The van der Waals surface area contributed by atoms with Crippen molar-refractivity contribution in [3.63, 3.8) is 0 Å². The van der Waals surface area contributed by atoms with Crippen molar-refractivity contribution in [1.82, 2.24) is 0 Å². The first-order valence-corrected chi connectivity index (χ1v) is 5.44. The van der Waals surface area contributed by atoms with E-state index in [0.29, 0.717) is 0 Å². The van der Waals surface area contributed by atoms with Gasteiger partial charge in [0, 0.05) is 11.9 Å². The Labute approximate surface area is 78.6 Å². The fourth-order valence-corrected chi connectivity index (χ4v) is 0.901. The van der Waals surface area contributed by atoms with E-state index in [-0.39, 0.29) is 5.60 Å². The van der Waals surface area contributed by atoms with Gasteiger partial charge in [-0.3, -0.25) is 0 Å². The molecule has 0 radical (unpaired) electrons. The number of rotatable bonds is 6. The van der Waals surface area contributed by atoms with Gasteiger partial charge in [0.05, 0.1) is 5.60 Å². The van der Waals surface area contributed by atoms with Gasteiger partial charge in [0.2, 0.25) is 0 Å². The molecule has 0 aromatic carbocycles. The Morgan fingerprint density at radius 1 is 1.27 bits per heavy atom. The van der Waals surface area contributed by atoms with E-state index in [1.807, 2.05) is 0 Å². The Hall–Kier alpha value is 0.440. The van der Waals surface area contributed by atoms with Crippen LogP contribution in [0.5, 0.6) is 0 Å². The molecule has 2 heteroatoms. The molecule has 1 nitrogen and oxygen atoms in total. The minimum atomic E-state index is 0.00768. The standard InChI is InChI=1S/C9H19BrO/c1-4-5-6-7-11-9(2,3)8-10/h4-8H2,1-3H3. The van der Waals surface area contributed by atoms with E-state index in [2.05, 4.69) is 36.7 Å². The first-order valence-electron chi connectivity index (χ1n) is 4.32. The molecule has 0 aliphatic carbocycles. The molecule has 0 aromatic rings. The molecule has 0 rings (SSSR count). The Kier molecular flexibility index (Phi) is 6.25. The number of unbranched alkanes of at least 4 members (excludes halogenated alkanes) is 2. The summed E-state index contributed by atoms with van der Waals surface area (Å²) in [6, 6.07) is 0. The summed E-state index contributed by atoms with van der Waals surface area (Å²) >= 11 is 3.42. The second kappa shape index (κ2) is 6.01. The van der Waals surface area contributed by atoms with E-state index >= 15 is 0 Å². The predicted molar refractivity (Wildman–Crippen MR) is 53.4 cm³/mol. The van der Waals surface area contributed by atoms with Crippen LogP contribution in [0.3, 0.4) is 0 Å². The number of ether oxygens (including phenoxy) is 1. The molecule has 68 valence electrons. The molecule has 0 N–H and O–H groups in total. The van der Waals surface area contributed by atoms with Crippen LogP contribution in [-0.2, 0) is 4.74 Å². The molecule has 0 aliphatic heterocycles. The third kappa shape index (κ3) is 6.82. The van der Waals surface area contributed by atoms with E-state index in [1.54, 1.807) is 0 Å². The lowest BCUT2D eigenvalue weighted by Crippen LogP contribution is -2.26. The Balaban J connectivity index is 3.23. The van der Waals surface area contributed by atoms with Crippen LogP contribution in [0.4, 0.5) is 0 Å². The molecule has 0 unspecified atom stereocenters. The van der Waals surface area contributed by atoms with Crippen LogP contribution >= 0.6 is 15.9 Å². The van der Waals surface area contributed by atoms with Crippen molar-refractivity contribution in [3.05, 3.63) is 0 Å². The quantitative estimate of drug-likeness (QED) is 0.495. The summed E-state index contributed by atoms with van der Waals surface area (Å²) in [6.45, 7) is 7.31. The Morgan fingerprint density at radius 2 is 1.91 bits per heavy atom. The lowest BCUT2D eigenvalue weighted by Gasteiger charge is -2.22. The van der Waals surface area contributed by atoms with Crippen molar-refractivity contribution in [3.8, 4) is 0 Å². The fraction of sp³-hybridized carbons (Fsp3) is 1.00. The van der Waals surface area contributed by atoms with Crippen molar-refractivity contribution >= 4 is 15.9 Å². The van der Waals surface area contributed by atoms with Crippen LogP contribution in [-0.4, -0.2) is 17.5 Å². The molecule has 0 atom stereocenters. The maximum atomic E-state index is 5.63. The summed E-state index contributed by atoms with van der Waals surface area (Å²) in [5, 5.41) is 0.909. The highest BCUT2D eigenvalue weighted by Crippen LogP contribution is 2.12. The summed E-state index contributed by atoms with van der Waals surface area (Å²) in [5.74, 6) is 0. The van der Waals surface area contributed by atoms with Crippen molar-refractivity contribution in [2.24, 2.45) is 0 Å². The number of halogens is 1. The molecular formula is C9H19BrO. The monoisotopic (exact) mass is 222 g/mol. The van der Waals surface area contributed by atoms with E-state index < -0.39 is 0 Å². The zero-order valence-corrected chi connectivity index (χ0v) is 9.41. The molecule has 0 saturated heterocycles. The minimum Gasteiger partial charge on any atom is -0.375 e. The molecular weight excluding hydrogens is 204 g/mol. The maximum Gasteiger partial charge on any atom is 0.0722 e. The summed E-state index contributed by atoms with van der Waals surface area (Å²) in [4.78, 5) is 0. The highest BCUT2D eigenvalue weighted by molar-refractivity contribution is 9.09. The van der Waals surface area contributed by atoms with Crippen LogP contribution in [0.15, 0.2) is 0 Å². The SMILES string of the molecule is CCCCCOC(C)(C)CBr. The van der Waals surface area contributed by atoms with Gasteiger partial charge in [0.1, 0.15) is 0 Å². The molecule has 0 amide bonds. The smallest absolute Gasteiger partial charge is 0.0722 e. The summed E-state index contributed by atoms with van der Waals surface area (Å²) < 4.78 is 5.63. The van der Waals surface area contributed by atoms with Gasteiger partial charge in [-0.05, 0) is 20.3 Å². The largest absolute Gasteiger partial charge is 0.375 e. The number of hydrogen-bond acceptors (Lipinski definition) is 1. The van der Waals surface area contributed by atoms with Gasteiger partial charge in [0.25, 0.3) is 0 Å². The van der Waals surface area contributed by atoms with Crippen LogP contribution in [0.2, 0.25) is 0 Å². The van der Waals surface area contributed by atoms with Gasteiger partial charge >= 0.3 is 0 Å². The van der Waals surface area contributed by atoms with Gasteiger partial charge in [0.15, 0.2) is 0 Å². The lowest BCUT2D eigenvalue weighted by atomic mass is 10.2. The van der Waals surface area contributed by atoms with Crippen molar-refractivity contribution in [1.29, 1.82) is 0 Å². The van der Waals surface area contributed by atoms with Crippen molar-refractivity contribution in [2.75, 3.05) is 11.9 Å². The van der Waals surface area contributed by atoms with E-state index in [1.165, 1.54) is 19.3 Å². The Morgan fingerprint density at radius 3 is 2.36 bits per heavy atom. The highest BCUT2D eigenvalue weighted by atomic mass is 79.9. The normalized spacial score (nSPS) is 12.0. The molecule has 0 bridgehead atoms. The van der Waals surface area contributed by atoms with E-state index in [9.17, 15) is 0 Å². The van der Waals surface area contributed by atoms with Gasteiger partial charge in [-0.15, -0.1) is 0 Å². The van der Waals surface area contributed by atoms with Crippen LogP contribution in [0.1, 0.15) is 40.0 Å². The first kappa shape index (κ1) is 11.4. The zero-order valence-electron chi connectivity index (χ0n) is 7.82. The molecule has 0 aliphatic rings. The molecule has 0 saturated carbocycles. The number of alkyl halides is 1. The third-order valence-corrected chi connectivity index (χ3v) is 2.91. The van der Waals surface area contributed by atoms with Gasteiger partial charge < -0.3 is 4.74 Å². The van der Waals surface area contributed by atoms with Crippen molar-refractivity contribution in [2.45, 2.75) is 45.6 Å². The van der Waals surface area contributed by atoms with Crippen molar-refractivity contribution < 1.29 is 4.74 Å². The Bertz CT molecular complexity index is 91.6. The summed E-state index contributed by atoms with van der Waals surface area (Å²) in [6.07, 6.45) is 3.73. The van der Waals surface area contributed by atoms with Crippen LogP contribution in [0, 0.1) is 0 Å². The second-order valence-electron chi connectivity index (χ2n) is 3.45. The summed E-state index contributed by atoms with van der Waals surface area (Å²) in [5.41, 5.74) is 0.00768. The average Bonchev–Trinajstić information content (AvgIpc) is 1.99. The van der Waals surface area contributed by atoms with E-state index in [4.69, 9.17) is 4.74 Å². The van der Waals surface area contributed by atoms with E-state index in [0.717, 1.165) is 11.9 Å².